The van der Waals surface area contributed by atoms with E-state index in [9.17, 15) is 9.59 Å². The fourth-order valence-electron chi connectivity index (χ4n) is 2.71. The van der Waals surface area contributed by atoms with E-state index in [-0.39, 0.29) is 5.57 Å². The van der Waals surface area contributed by atoms with Gasteiger partial charge in [-0.3, -0.25) is 4.79 Å². The fourth-order valence-corrected chi connectivity index (χ4v) is 2.71. The summed E-state index contributed by atoms with van der Waals surface area (Å²) >= 11 is 0. The van der Waals surface area contributed by atoms with E-state index in [0.717, 1.165) is 28.5 Å². The highest BCUT2D eigenvalue weighted by atomic mass is 16.5. The number of aromatic amines is 1. The smallest absolute Gasteiger partial charge is 0.340 e. The minimum atomic E-state index is -0.523. The third-order valence-corrected chi connectivity index (χ3v) is 3.97. The van der Waals surface area contributed by atoms with Gasteiger partial charge in [-0.1, -0.05) is 30.3 Å². The van der Waals surface area contributed by atoms with Crippen molar-refractivity contribution in [3.8, 4) is 5.75 Å². The van der Waals surface area contributed by atoms with Crippen LogP contribution in [0.25, 0.3) is 22.6 Å². The van der Waals surface area contributed by atoms with Gasteiger partial charge < -0.3 is 14.5 Å². The number of carbonyl (C=O) groups is 2. The average Bonchev–Trinajstić information content (AvgIpc) is 3.04. The molecule has 0 unspecified atom stereocenters. The molecule has 5 nitrogen and oxygen atoms in total. The maximum Gasteiger partial charge on any atom is 0.340 e. The summed E-state index contributed by atoms with van der Waals surface area (Å²) in [5.74, 6) is 0.196. The van der Waals surface area contributed by atoms with E-state index in [2.05, 4.69) is 4.98 Å². The van der Waals surface area contributed by atoms with Crippen molar-refractivity contribution in [2.75, 3.05) is 14.2 Å². The zero-order valence-electron chi connectivity index (χ0n) is 13.9. The second-order valence-electron chi connectivity index (χ2n) is 5.40. The van der Waals surface area contributed by atoms with E-state index in [0.29, 0.717) is 11.3 Å². The molecule has 3 aromatic rings. The van der Waals surface area contributed by atoms with Crippen molar-refractivity contribution in [2.45, 2.75) is 0 Å². The van der Waals surface area contributed by atoms with E-state index < -0.39 is 5.97 Å². The molecule has 3 rings (SSSR count). The van der Waals surface area contributed by atoms with Crippen molar-refractivity contribution in [3.05, 3.63) is 65.4 Å². The van der Waals surface area contributed by atoms with Crippen LogP contribution in [0.5, 0.6) is 5.75 Å². The zero-order chi connectivity index (χ0) is 17.8. The summed E-state index contributed by atoms with van der Waals surface area (Å²) in [6, 6.07) is 14.6. The number of benzene rings is 2. The van der Waals surface area contributed by atoms with E-state index in [4.69, 9.17) is 9.47 Å². The number of esters is 1. The van der Waals surface area contributed by atoms with Crippen molar-refractivity contribution in [1.82, 2.24) is 4.98 Å². The van der Waals surface area contributed by atoms with Gasteiger partial charge >= 0.3 is 5.97 Å². The van der Waals surface area contributed by atoms with Crippen molar-refractivity contribution in [1.29, 1.82) is 0 Å². The SMILES string of the molecule is COC(=O)/C(=C\c1ccc(OC)cc1)c1[nH]c2ccccc2c1C=O. The Morgan fingerprint density at radius 2 is 1.76 bits per heavy atom. The Bertz CT molecular complexity index is 951. The lowest BCUT2D eigenvalue weighted by Crippen LogP contribution is -2.06. The molecule has 0 fully saturated rings. The number of methoxy groups -OCH3 is 2. The summed E-state index contributed by atoms with van der Waals surface area (Å²) in [4.78, 5) is 27.1. The van der Waals surface area contributed by atoms with Gasteiger partial charge in [0.25, 0.3) is 0 Å². The highest BCUT2D eigenvalue weighted by Crippen LogP contribution is 2.28. The van der Waals surface area contributed by atoms with Gasteiger partial charge in [-0.15, -0.1) is 0 Å². The van der Waals surface area contributed by atoms with Crippen LogP contribution in [0.3, 0.4) is 0 Å². The molecular formula is C20H17NO4. The molecule has 0 aliphatic carbocycles. The van der Waals surface area contributed by atoms with Crippen LogP contribution in [0.4, 0.5) is 0 Å². The normalized spacial score (nSPS) is 11.4. The van der Waals surface area contributed by atoms with Crippen LogP contribution in [-0.4, -0.2) is 31.5 Å². The van der Waals surface area contributed by atoms with Crippen LogP contribution in [0.1, 0.15) is 21.6 Å². The van der Waals surface area contributed by atoms with Gasteiger partial charge in [-0.05, 0) is 29.8 Å². The summed E-state index contributed by atoms with van der Waals surface area (Å²) in [7, 11) is 2.90. The van der Waals surface area contributed by atoms with Crippen LogP contribution >= 0.6 is 0 Å². The van der Waals surface area contributed by atoms with Crippen LogP contribution < -0.4 is 4.74 Å². The van der Waals surface area contributed by atoms with Crippen LogP contribution in [-0.2, 0) is 9.53 Å². The Balaban J connectivity index is 2.17. The number of nitrogens with one attached hydrogen (secondary N) is 1. The zero-order valence-corrected chi connectivity index (χ0v) is 13.9. The quantitative estimate of drug-likeness (QED) is 0.438. The molecule has 5 heteroatoms. The highest BCUT2D eigenvalue weighted by molar-refractivity contribution is 6.24. The maximum atomic E-state index is 12.3. The first-order valence-corrected chi connectivity index (χ1v) is 7.68. The monoisotopic (exact) mass is 335 g/mol. The van der Waals surface area contributed by atoms with Gasteiger partial charge in [0.15, 0.2) is 6.29 Å². The molecule has 0 amide bonds. The van der Waals surface area contributed by atoms with Crippen molar-refractivity contribution in [2.24, 2.45) is 0 Å². The molecule has 126 valence electrons. The van der Waals surface area contributed by atoms with Gasteiger partial charge in [0.05, 0.1) is 25.5 Å². The minimum Gasteiger partial charge on any atom is -0.497 e. The summed E-state index contributed by atoms with van der Waals surface area (Å²) in [5.41, 5.74) is 2.73. The number of carbonyl (C=O) groups excluding carboxylic acids is 2. The molecule has 1 aromatic heterocycles. The fraction of sp³-hybridized carbons (Fsp3) is 0.100. The average molecular weight is 335 g/mol. The number of hydrogen-bond acceptors (Lipinski definition) is 4. The number of aldehydes is 1. The molecule has 0 radical (unpaired) electrons. The highest BCUT2D eigenvalue weighted by Gasteiger charge is 2.20. The maximum absolute atomic E-state index is 12.3. The van der Waals surface area contributed by atoms with Gasteiger partial charge in [-0.25, -0.2) is 4.79 Å². The summed E-state index contributed by atoms with van der Waals surface area (Å²) in [6.45, 7) is 0. The molecule has 1 heterocycles. The third-order valence-electron chi connectivity index (χ3n) is 3.97. The van der Waals surface area contributed by atoms with Gasteiger partial charge in [-0.2, -0.15) is 0 Å². The predicted octanol–water partition coefficient (Wildman–Crippen LogP) is 3.70. The van der Waals surface area contributed by atoms with Crippen molar-refractivity contribution < 1.29 is 19.1 Å². The number of fused-ring (bicyclic) bond motifs is 1. The molecule has 1 N–H and O–H groups in total. The minimum absolute atomic E-state index is 0.283. The molecule has 0 saturated heterocycles. The molecule has 0 saturated carbocycles. The summed E-state index contributed by atoms with van der Waals surface area (Å²) in [5, 5.41) is 0.761. The second kappa shape index (κ2) is 7.05. The number of para-hydroxylation sites is 1. The number of ether oxygens (including phenoxy) is 2. The lowest BCUT2D eigenvalue weighted by Gasteiger charge is -2.06. The second-order valence-corrected chi connectivity index (χ2v) is 5.40. The molecular weight excluding hydrogens is 318 g/mol. The Morgan fingerprint density at radius 1 is 1.04 bits per heavy atom. The lowest BCUT2D eigenvalue weighted by atomic mass is 10.0. The van der Waals surface area contributed by atoms with E-state index in [1.54, 1.807) is 25.3 Å². The number of hydrogen-bond donors (Lipinski definition) is 1. The van der Waals surface area contributed by atoms with Crippen molar-refractivity contribution >= 4 is 34.8 Å². The predicted molar refractivity (Wildman–Crippen MR) is 96.6 cm³/mol. The first-order chi connectivity index (χ1) is 12.2. The Hall–Kier alpha value is -3.34. The molecule has 2 aromatic carbocycles. The largest absolute Gasteiger partial charge is 0.497 e. The number of aromatic nitrogens is 1. The Morgan fingerprint density at radius 3 is 2.40 bits per heavy atom. The standard InChI is InChI=1S/C20H17NO4/c1-24-14-9-7-13(8-10-14)11-16(20(23)25-2)19-17(12-22)15-5-3-4-6-18(15)21-19/h3-12,21H,1-2H3/b16-11-. The first-order valence-electron chi connectivity index (χ1n) is 7.68. The lowest BCUT2D eigenvalue weighted by molar-refractivity contribution is -0.133. The van der Waals surface area contributed by atoms with Gasteiger partial charge in [0.2, 0.25) is 0 Å². The van der Waals surface area contributed by atoms with E-state index in [1.165, 1.54) is 7.11 Å². The molecule has 25 heavy (non-hydrogen) atoms. The van der Waals surface area contributed by atoms with Crippen LogP contribution in [0, 0.1) is 0 Å². The van der Waals surface area contributed by atoms with Gasteiger partial charge in [0, 0.05) is 16.5 Å². The van der Waals surface area contributed by atoms with Crippen molar-refractivity contribution in [3.63, 3.8) is 0 Å². The Kier molecular flexibility index (Phi) is 4.66. The molecule has 0 bridgehead atoms. The third kappa shape index (κ3) is 3.17. The van der Waals surface area contributed by atoms with Crippen LogP contribution in [0.2, 0.25) is 0 Å². The number of H-pyrrole nitrogens is 1. The van der Waals surface area contributed by atoms with E-state index in [1.807, 2.05) is 36.4 Å². The molecule has 0 aliphatic rings. The Labute approximate surface area is 144 Å². The molecule has 0 aliphatic heterocycles. The molecule has 0 spiro atoms. The first kappa shape index (κ1) is 16.5. The number of rotatable bonds is 5. The van der Waals surface area contributed by atoms with Gasteiger partial charge in [0.1, 0.15) is 5.75 Å². The summed E-state index contributed by atoms with van der Waals surface area (Å²) < 4.78 is 10.1. The topological polar surface area (TPSA) is 68.4 Å². The van der Waals surface area contributed by atoms with Crippen LogP contribution in [0.15, 0.2) is 48.5 Å². The van der Waals surface area contributed by atoms with E-state index >= 15 is 0 Å². The molecule has 0 atom stereocenters. The summed E-state index contributed by atoms with van der Waals surface area (Å²) in [6.07, 6.45) is 2.43.